The Hall–Kier alpha value is -0.620. The van der Waals surface area contributed by atoms with Crippen LogP contribution in [0.15, 0.2) is 10.6 Å². The molecule has 0 aromatic rings. The Kier molecular flexibility index (Phi) is 6.95. The molecule has 0 aromatic carbocycles. The smallest absolute Gasteiger partial charge is 0.335 e. The number of carbonyl (C=O) groups excluding carboxylic acids is 1. The van der Waals surface area contributed by atoms with Gasteiger partial charge in [-0.05, 0) is 12.8 Å². The number of ether oxygens (including phenoxy) is 3. The van der Waals surface area contributed by atoms with Gasteiger partial charge in [-0.3, -0.25) is 0 Å². The van der Waals surface area contributed by atoms with E-state index in [1.165, 1.54) is 14.2 Å². The van der Waals surface area contributed by atoms with E-state index in [9.17, 15) is 9.90 Å². The zero-order valence-electron chi connectivity index (χ0n) is 12.4. The average Bonchev–Trinajstić information content (AvgIpc) is 2.48. The summed E-state index contributed by atoms with van der Waals surface area (Å²) >= 11 is 6.09. The summed E-state index contributed by atoms with van der Waals surface area (Å²) in [6, 6.07) is 0. The van der Waals surface area contributed by atoms with Crippen LogP contribution in [0, 0.1) is 0 Å². The van der Waals surface area contributed by atoms with Gasteiger partial charge in [0.05, 0.1) is 29.9 Å². The van der Waals surface area contributed by atoms with Crippen LogP contribution in [0.1, 0.15) is 33.1 Å². The summed E-state index contributed by atoms with van der Waals surface area (Å²) in [7, 11) is 2.80. The number of aliphatic hydroxyl groups excluding tert-OH is 1. The maximum atomic E-state index is 11.7. The van der Waals surface area contributed by atoms with Gasteiger partial charge in [0.25, 0.3) is 0 Å². The molecule has 0 saturated carbocycles. The standard InChI is InChI=1S/C14H23ClO5/c1-5-8(6-2)20-13-10(18-3)7-9(14(17)19-4)11(15)12(13)16/h8,10,12-13,16H,5-7H2,1-4H3. The van der Waals surface area contributed by atoms with E-state index < -0.39 is 24.3 Å². The van der Waals surface area contributed by atoms with Crippen LogP contribution in [0.3, 0.4) is 0 Å². The van der Waals surface area contributed by atoms with E-state index in [0.29, 0.717) is 0 Å². The lowest BCUT2D eigenvalue weighted by atomic mass is 9.91. The molecular formula is C14H23ClO5. The number of carbonyl (C=O) groups is 1. The molecular weight excluding hydrogens is 284 g/mol. The van der Waals surface area contributed by atoms with Crippen molar-refractivity contribution in [2.45, 2.75) is 57.5 Å². The minimum absolute atomic E-state index is 0.0245. The van der Waals surface area contributed by atoms with Crippen LogP contribution in [0.5, 0.6) is 0 Å². The molecule has 1 N–H and O–H groups in total. The molecule has 0 heterocycles. The molecule has 3 atom stereocenters. The Bertz CT molecular complexity index is 365. The molecule has 0 amide bonds. The largest absolute Gasteiger partial charge is 0.466 e. The quantitative estimate of drug-likeness (QED) is 0.760. The first-order valence-electron chi connectivity index (χ1n) is 6.83. The van der Waals surface area contributed by atoms with E-state index >= 15 is 0 Å². The molecule has 0 bridgehead atoms. The molecule has 1 rings (SSSR count). The van der Waals surface area contributed by atoms with Crippen LogP contribution in [-0.2, 0) is 19.0 Å². The fourth-order valence-corrected chi connectivity index (χ4v) is 2.61. The van der Waals surface area contributed by atoms with E-state index in [-0.39, 0.29) is 23.1 Å². The number of hydrogen-bond donors (Lipinski definition) is 1. The van der Waals surface area contributed by atoms with Gasteiger partial charge >= 0.3 is 5.97 Å². The molecule has 20 heavy (non-hydrogen) atoms. The van der Waals surface area contributed by atoms with E-state index in [1.54, 1.807) is 0 Å². The van der Waals surface area contributed by atoms with Gasteiger partial charge in [-0.25, -0.2) is 4.79 Å². The second-order valence-corrected chi connectivity index (χ2v) is 5.19. The zero-order chi connectivity index (χ0) is 15.3. The highest BCUT2D eigenvalue weighted by molar-refractivity contribution is 6.32. The second-order valence-electron chi connectivity index (χ2n) is 4.78. The highest BCUT2D eigenvalue weighted by Gasteiger charge is 2.41. The van der Waals surface area contributed by atoms with Crippen molar-refractivity contribution in [1.82, 2.24) is 0 Å². The third kappa shape index (κ3) is 3.73. The molecule has 1 aliphatic carbocycles. The van der Waals surface area contributed by atoms with Gasteiger partial charge in [-0.2, -0.15) is 0 Å². The highest BCUT2D eigenvalue weighted by atomic mass is 35.5. The zero-order valence-corrected chi connectivity index (χ0v) is 13.1. The average molecular weight is 307 g/mol. The number of methoxy groups -OCH3 is 2. The van der Waals surface area contributed by atoms with Gasteiger partial charge < -0.3 is 19.3 Å². The van der Waals surface area contributed by atoms with Crippen molar-refractivity contribution in [2.24, 2.45) is 0 Å². The van der Waals surface area contributed by atoms with Gasteiger partial charge in [0.15, 0.2) is 0 Å². The van der Waals surface area contributed by atoms with Crippen molar-refractivity contribution in [2.75, 3.05) is 14.2 Å². The van der Waals surface area contributed by atoms with Crippen LogP contribution in [0.2, 0.25) is 0 Å². The third-order valence-electron chi connectivity index (χ3n) is 3.63. The molecule has 6 heteroatoms. The lowest BCUT2D eigenvalue weighted by Gasteiger charge is -2.36. The summed E-state index contributed by atoms with van der Waals surface area (Å²) in [6.45, 7) is 4.03. The summed E-state index contributed by atoms with van der Waals surface area (Å²) < 4.78 is 15.9. The molecule has 0 saturated heterocycles. The van der Waals surface area contributed by atoms with Crippen LogP contribution < -0.4 is 0 Å². The number of aliphatic hydroxyl groups is 1. The summed E-state index contributed by atoms with van der Waals surface area (Å²) in [5, 5.41) is 10.4. The maximum absolute atomic E-state index is 11.7. The maximum Gasteiger partial charge on any atom is 0.335 e. The predicted molar refractivity (Wildman–Crippen MR) is 75.6 cm³/mol. The molecule has 0 aromatic heterocycles. The minimum atomic E-state index is -1.08. The Balaban J connectivity index is 2.97. The van der Waals surface area contributed by atoms with E-state index in [1.807, 2.05) is 13.8 Å². The molecule has 0 spiro atoms. The van der Waals surface area contributed by atoms with Gasteiger partial charge in [-0.15, -0.1) is 0 Å². The lowest BCUT2D eigenvalue weighted by Crippen LogP contribution is -2.47. The van der Waals surface area contributed by atoms with Gasteiger partial charge in [0, 0.05) is 13.5 Å². The number of rotatable bonds is 6. The predicted octanol–water partition coefficient (Wildman–Crippen LogP) is 2.01. The first-order valence-corrected chi connectivity index (χ1v) is 7.20. The Labute approximate surface area is 124 Å². The summed E-state index contributed by atoms with van der Waals surface area (Å²) in [5.41, 5.74) is 0.248. The van der Waals surface area contributed by atoms with E-state index in [2.05, 4.69) is 4.74 Å². The van der Waals surface area contributed by atoms with Crippen LogP contribution in [-0.4, -0.2) is 49.7 Å². The molecule has 5 nitrogen and oxygen atoms in total. The van der Waals surface area contributed by atoms with Crippen molar-refractivity contribution < 1.29 is 24.1 Å². The molecule has 0 fully saturated rings. The molecule has 1 aliphatic rings. The summed E-state index contributed by atoms with van der Waals surface area (Å²) in [4.78, 5) is 11.7. The Morgan fingerprint density at radius 2 is 2.00 bits per heavy atom. The first kappa shape index (κ1) is 17.4. The molecule has 3 unspecified atom stereocenters. The molecule has 0 radical (unpaired) electrons. The van der Waals surface area contributed by atoms with Crippen LogP contribution in [0.4, 0.5) is 0 Å². The lowest BCUT2D eigenvalue weighted by molar-refractivity contribution is -0.144. The fraction of sp³-hybridized carbons (Fsp3) is 0.786. The third-order valence-corrected chi connectivity index (χ3v) is 4.08. The summed E-state index contributed by atoms with van der Waals surface area (Å²) in [6.07, 6.45) is -0.124. The molecule has 0 aliphatic heterocycles. The Morgan fingerprint density at radius 1 is 1.40 bits per heavy atom. The fourth-order valence-electron chi connectivity index (χ4n) is 2.33. The van der Waals surface area contributed by atoms with Gasteiger partial charge in [-0.1, -0.05) is 25.4 Å². The van der Waals surface area contributed by atoms with Crippen LogP contribution >= 0.6 is 11.6 Å². The van der Waals surface area contributed by atoms with Gasteiger partial charge in [0.2, 0.25) is 0 Å². The normalized spacial score (nSPS) is 27.1. The minimum Gasteiger partial charge on any atom is -0.466 e. The Morgan fingerprint density at radius 3 is 2.45 bits per heavy atom. The number of hydrogen-bond acceptors (Lipinski definition) is 5. The van der Waals surface area contributed by atoms with Crippen LogP contribution in [0.25, 0.3) is 0 Å². The van der Waals surface area contributed by atoms with Crippen molar-refractivity contribution in [3.63, 3.8) is 0 Å². The monoisotopic (exact) mass is 306 g/mol. The number of halogens is 1. The summed E-state index contributed by atoms with van der Waals surface area (Å²) in [5.74, 6) is -0.544. The van der Waals surface area contributed by atoms with Crippen molar-refractivity contribution in [3.8, 4) is 0 Å². The second kappa shape index (κ2) is 7.98. The highest BCUT2D eigenvalue weighted by Crippen LogP contribution is 2.33. The van der Waals surface area contributed by atoms with Crippen molar-refractivity contribution >= 4 is 17.6 Å². The van der Waals surface area contributed by atoms with E-state index in [4.69, 9.17) is 21.1 Å². The van der Waals surface area contributed by atoms with Crippen molar-refractivity contribution in [3.05, 3.63) is 10.6 Å². The SMILES string of the molecule is CCC(CC)OC1C(OC)CC(C(=O)OC)=C(Cl)C1O. The molecule has 116 valence electrons. The van der Waals surface area contributed by atoms with Gasteiger partial charge in [0.1, 0.15) is 12.2 Å². The topological polar surface area (TPSA) is 65.0 Å². The van der Waals surface area contributed by atoms with Crippen molar-refractivity contribution in [1.29, 1.82) is 0 Å². The van der Waals surface area contributed by atoms with E-state index in [0.717, 1.165) is 12.8 Å². The first-order chi connectivity index (χ1) is 9.49. The number of esters is 1.